The monoisotopic (exact) mass is 390 g/mol. The number of carbonyl (C=O) groups is 3. The van der Waals surface area contributed by atoms with E-state index >= 15 is 0 Å². The molecule has 2 heterocycles. The molecule has 0 atom stereocenters. The second kappa shape index (κ2) is 9.23. The van der Waals surface area contributed by atoms with Gasteiger partial charge in [-0.25, -0.2) is 9.78 Å². The van der Waals surface area contributed by atoms with E-state index in [2.05, 4.69) is 20.6 Å². The van der Waals surface area contributed by atoms with E-state index in [4.69, 9.17) is 4.74 Å². The van der Waals surface area contributed by atoms with Crippen LogP contribution in [0, 0.1) is 0 Å². The zero-order chi connectivity index (χ0) is 20.6. The predicted molar refractivity (Wildman–Crippen MR) is 105 cm³/mol. The fourth-order valence-corrected chi connectivity index (χ4v) is 2.53. The normalized spacial score (nSPS) is 10.1. The average molecular weight is 390 g/mol. The van der Waals surface area contributed by atoms with Gasteiger partial charge in [0.1, 0.15) is 11.4 Å². The van der Waals surface area contributed by atoms with E-state index in [-0.39, 0.29) is 17.0 Å². The van der Waals surface area contributed by atoms with Gasteiger partial charge in [0.15, 0.2) is 0 Å². The first kappa shape index (κ1) is 19.7. The molecule has 3 aromatic rings. The van der Waals surface area contributed by atoms with Crippen molar-refractivity contribution in [3.63, 3.8) is 0 Å². The molecule has 2 aromatic heterocycles. The van der Waals surface area contributed by atoms with E-state index in [1.165, 1.54) is 25.3 Å². The van der Waals surface area contributed by atoms with Gasteiger partial charge < -0.3 is 15.4 Å². The molecule has 2 N–H and O–H groups in total. The number of para-hydroxylation sites is 1. The van der Waals surface area contributed by atoms with Crippen molar-refractivity contribution in [2.75, 3.05) is 12.4 Å². The second-order valence-electron chi connectivity index (χ2n) is 5.94. The van der Waals surface area contributed by atoms with E-state index in [0.717, 1.165) is 5.56 Å². The van der Waals surface area contributed by atoms with Gasteiger partial charge >= 0.3 is 5.97 Å². The lowest BCUT2D eigenvalue weighted by atomic mass is 10.1. The van der Waals surface area contributed by atoms with E-state index in [0.29, 0.717) is 12.2 Å². The van der Waals surface area contributed by atoms with Crippen LogP contribution in [0.4, 0.5) is 5.69 Å². The quantitative estimate of drug-likeness (QED) is 0.626. The highest BCUT2D eigenvalue weighted by Crippen LogP contribution is 2.17. The number of ether oxygens (including phenoxy) is 1. The van der Waals surface area contributed by atoms with E-state index in [9.17, 15) is 14.4 Å². The third-order valence-corrected chi connectivity index (χ3v) is 4.00. The number of benzene rings is 1. The van der Waals surface area contributed by atoms with Crippen molar-refractivity contribution in [2.45, 2.75) is 6.54 Å². The molecule has 0 aliphatic heterocycles. The molecule has 29 heavy (non-hydrogen) atoms. The summed E-state index contributed by atoms with van der Waals surface area (Å²) in [6, 6.07) is 14.6. The zero-order valence-corrected chi connectivity index (χ0v) is 15.6. The Kier molecular flexibility index (Phi) is 6.26. The van der Waals surface area contributed by atoms with Crippen LogP contribution in [0.1, 0.15) is 36.9 Å². The van der Waals surface area contributed by atoms with Crippen molar-refractivity contribution in [1.29, 1.82) is 0 Å². The molecule has 2 amide bonds. The molecule has 0 saturated heterocycles. The van der Waals surface area contributed by atoms with Gasteiger partial charge in [-0.15, -0.1) is 0 Å². The summed E-state index contributed by atoms with van der Waals surface area (Å²) in [6.07, 6.45) is 3.27. The van der Waals surface area contributed by atoms with Gasteiger partial charge in [-0.05, 0) is 42.0 Å². The average Bonchev–Trinajstić information content (AvgIpc) is 2.78. The first-order valence-electron chi connectivity index (χ1n) is 8.71. The summed E-state index contributed by atoms with van der Waals surface area (Å²) >= 11 is 0. The van der Waals surface area contributed by atoms with Crippen LogP contribution >= 0.6 is 0 Å². The molecular formula is C21H18N4O4. The number of amides is 2. The molecule has 8 nitrogen and oxygen atoms in total. The molecule has 146 valence electrons. The van der Waals surface area contributed by atoms with Crippen LogP contribution in [0.15, 0.2) is 67.0 Å². The minimum absolute atomic E-state index is 0.0428. The number of aromatic nitrogens is 2. The number of carbonyl (C=O) groups excluding carboxylic acids is 3. The molecule has 0 bridgehead atoms. The van der Waals surface area contributed by atoms with Crippen LogP contribution in [-0.4, -0.2) is 34.9 Å². The summed E-state index contributed by atoms with van der Waals surface area (Å²) in [5.74, 6) is -1.53. The minimum atomic E-state index is -0.571. The fraction of sp³-hybridized carbons (Fsp3) is 0.0952. The maximum absolute atomic E-state index is 12.6. The van der Waals surface area contributed by atoms with Crippen molar-refractivity contribution >= 4 is 23.5 Å². The smallest absolute Gasteiger partial charge is 0.339 e. The summed E-state index contributed by atoms with van der Waals surface area (Å²) < 4.78 is 4.72. The SMILES string of the molecule is COC(=O)c1ccccc1NC(=O)c1cccc(C(=O)NCc2ccncc2)n1. The first-order valence-corrected chi connectivity index (χ1v) is 8.71. The maximum atomic E-state index is 12.6. The first-order chi connectivity index (χ1) is 14.1. The number of methoxy groups -OCH3 is 1. The Morgan fingerprint density at radius 1 is 0.897 bits per heavy atom. The van der Waals surface area contributed by atoms with Crippen molar-refractivity contribution in [2.24, 2.45) is 0 Å². The third-order valence-electron chi connectivity index (χ3n) is 4.00. The van der Waals surface area contributed by atoms with Crippen LogP contribution in [0.3, 0.4) is 0 Å². The number of esters is 1. The van der Waals surface area contributed by atoms with Crippen LogP contribution in [0.2, 0.25) is 0 Å². The fourth-order valence-electron chi connectivity index (χ4n) is 2.53. The zero-order valence-electron chi connectivity index (χ0n) is 15.6. The van der Waals surface area contributed by atoms with Crippen molar-refractivity contribution in [3.05, 3.63) is 89.5 Å². The second-order valence-corrected chi connectivity index (χ2v) is 5.94. The van der Waals surface area contributed by atoms with E-state index < -0.39 is 17.8 Å². The van der Waals surface area contributed by atoms with Crippen molar-refractivity contribution < 1.29 is 19.1 Å². The number of nitrogens with one attached hydrogen (secondary N) is 2. The van der Waals surface area contributed by atoms with Gasteiger partial charge in [-0.3, -0.25) is 14.6 Å². The Hall–Kier alpha value is -4.07. The third kappa shape index (κ3) is 5.01. The number of nitrogens with zero attached hydrogens (tertiary/aromatic N) is 2. The molecule has 0 unspecified atom stereocenters. The largest absolute Gasteiger partial charge is 0.465 e. The molecule has 0 radical (unpaired) electrons. The van der Waals surface area contributed by atoms with Crippen molar-refractivity contribution in [1.82, 2.24) is 15.3 Å². The molecule has 0 fully saturated rings. The van der Waals surface area contributed by atoms with E-state index in [1.54, 1.807) is 48.8 Å². The number of pyridine rings is 2. The topological polar surface area (TPSA) is 110 Å². The van der Waals surface area contributed by atoms with Crippen molar-refractivity contribution in [3.8, 4) is 0 Å². The molecule has 1 aromatic carbocycles. The Morgan fingerprint density at radius 2 is 1.59 bits per heavy atom. The van der Waals surface area contributed by atoms with Crippen LogP contribution < -0.4 is 10.6 Å². The summed E-state index contributed by atoms with van der Waals surface area (Å²) in [5, 5.41) is 5.37. The number of hydrogen-bond donors (Lipinski definition) is 2. The lowest BCUT2D eigenvalue weighted by Gasteiger charge is -2.10. The maximum Gasteiger partial charge on any atom is 0.339 e. The van der Waals surface area contributed by atoms with Gasteiger partial charge in [0, 0.05) is 18.9 Å². The van der Waals surface area contributed by atoms with Crippen LogP contribution in [0.5, 0.6) is 0 Å². The highest BCUT2D eigenvalue weighted by molar-refractivity contribution is 6.07. The lowest BCUT2D eigenvalue weighted by molar-refractivity contribution is 0.0601. The summed E-state index contributed by atoms with van der Waals surface area (Å²) in [5.41, 5.74) is 1.55. The van der Waals surface area contributed by atoms with Gasteiger partial charge in [-0.2, -0.15) is 0 Å². The Bertz CT molecular complexity index is 1040. The predicted octanol–water partition coefficient (Wildman–Crippen LogP) is 2.45. The highest BCUT2D eigenvalue weighted by atomic mass is 16.5. The molecule has 0 saturated carbocycles. The molecule has 0 spiro atoms. The molecular weight excluding hydrogens is 372 g/mol. The lowest BCUT2D eigenvalue weighted by Crippen LogP contribution is -2.25. The Labute approximate surface area is 167 Å². The van der Waals surface area contributed by atoms with Gasteiger partial charge in [0.2, 0.25) is 0 Å². The number of rotatable bonds is 6. The summed E-state index contributed by atoms with van der Waals surface area (Å²) in [7, 11) is 1.26. The standard InChI is InChI=1S/C21H18N4O4/c1-29-21(28)15-5-2-3-6-16(15)25-20(27)18-8-4-7-17(24-18)19(26)23-13-14-9-11-22-12-10-14/h2-12H,13H2,1H3,(H,23,26)(H,25,27). The minimum Gasteiger partial charge on any atom is -0.465 e. The van der Waals surface area contributed by atoms with Gasteiger partial charge in [0.05, 0.1) is 18.4 Å². The molecule has 0 aliphatic carbocycles. The molecule has 3 rings (SSSR count). The molecule has 0 aliphatic rings. The number of anilines is 1. The molecule has 8 heteroatoms. The van der Waals surface area contributed by atoms with Gasteiger partial charge in [0.25, 0.3) is 11.8 Å². The Balaban J connectivity index is 1.71. The van der Waals surface area contributed by atoms with Crippen LogP contribution in [0.25, 0.3) is 0 Å². The van der Waals surface area contributed by atoms with Crippen LogP contribution in [-0.2, 0) is 11.3 Å². The summed E-state index contributed by atoms with van der Waals surface area (Å²) in [6.45, 7) is 0.311. The summed E-state index contributed by atoms with van der Waals surface area (Å²) in [4.78, 5) is 44.8. The van der Waals surface area contributed by atoms with Gasteiger partial charge in [-0.1, -0.05) is 18.2 Å². The van der Waals surface area contributed by atoms with E-state index in [1.807, 2.05) is 0 Å². The Morgan fingerprint density at radius 3 is 2.31 bits per heavy atom. The number of hydrogen-bond acceptors (Lipinski definition) is 6. The highest BCUT2D eigenvalue weighted by Gasteiger charge is 2.16.